The number of hydrogen-bond acceptors (Lipinski definition) is 5. The van der Waals surface area contributed by atoms with Gasteiger partial charge in [-0.05, 0) is 43.0 Å². The second-order valence-electron chi connectivity index (χ2n) is 5.71. The minimum atomic E-state index is -0.207. The molecule has 0 radical (unpaired) electrons. The average Bonchev–Trinajstić information content (AvgIpc) is 3.15. The molecule has 1 fully saturated rings. The SMILES string of the molecule is CC1=NN(c2ccccc2)C(=O)C1=C1SC(=O)CN1c1ccccc1. The van der Waals surface area contributed by atoms with E-state index in [1.165, 1.54) is 5.01 Å². The van der Waals surface area contributed by atoms with E-state index in [0.717, 1.165) is 17.4 Å². The molecule has 124 valence electrons. The van der Waals surface area contributed by atoms with Gasteiger partial charge in [-0.3, -0.25) is 9.59 Å². The van der Waals surface area contributed by atoms with E-state index in [9.17, 15) is 9.59 Å². The summed E-state index contributed by atoms with van der Waals surface area (Å²) in [5, 5.41) is 6.48. The summed E-state index contributed by atoms with van der Waals surface area (Å²) in [7, 11) is 0. The van der Waals surface area contributed by atoms with Gasteiger partial charge in [0, 0.05) is 5.69 Å². The molecule has 2 aromatic carbocycles. The number of nitrogens with zero attached hydrogens (tertiary/aromatic N) is 3. The highest BCUT2D eigenvalue weighted by molar-refractivity contribution is 8.17. The molecule has 1 amide bonds. The van der Waals surface area contributed by atoms with Crippen LogP contribution in [0.5, 0.6) is 0 Å². The molecule has 1 saturated heterocycles. The number of carbonyl (C=O) groups is 2. The number of para-hydroxylation sites is 2. The summed E-state index contributed by atoms with van der Waals surface area (Å²) in [6.45, 7) is 2.05. The zero-order valence-electron chi connectivity index (χ0n) is 13.5. The third-order valence-corrected chi connectivity index (χ3v) is 5.02. The second kappa shape index (κ2) is 6.22. The van der Waals surface area contributed by atoms with Gasteiger partial charge in [-0.15, -0.1) is 0 Å². The summed E-state index contributed by atoms with van der Waals surface area (Å²) in [4.78, 5) is 27.0. The molecule has 2 aromatic rings. The van der Waals surface area contributed by atoms with Crippen LogP contribution < -0.4 is 9.91 Å². The van der Waals surface area contributed by atoms with Gasteiger partial charge >= 0.3 is 0 Å². The number of anilines is 2. The first-order valence-electron chi connectivity index (χ1n) is 7.88. The van der Waals surface area contributed by atoms with Crippen LogP contribution in [-0.4, -0.2) is 23.3 Å². The van der Waals surface area contributed by atoms with Crippen LogP contribution in [0.4, 0.5) is 11.4 Å². The molecule has 0 saturated carbocycles. The number of hydrogen-bond donors (Lipinski definition) is 0. The third-order valence-electron chi connectivity index (χ3n) is 4.04. The van der Waals surface area contributed by atoms with Crippen LogP contribution in [0.3, 0.4) is 0 Å². The van der Waals surface area contributed by atoms with E-state index < -0.39 is 0 Å². The highest BCUT2D eigenvalue weighted by Gasteiger charge is 2.38. The molecule has 0 spiro atoms. The molecule has 0 bridgehead atoms. The summed E-state index contributed by atoms with van der Waals surface area (Å²) in [6.07, 6.45) is 0. The topological polar surface area (TPSA) is 53.0 Å². The predicted molar refractivity (Wildman–Crippen MR) is 100 cm³/mol. The molecule has 0 aromatic heterocycles. The summed E-state index contributed by atoms with van der Waals surface area (Å²) in [5.74, 6) is -0.207. The van der Waals surface area contributed by atoms with Gasteiger partial charge in [-0.1, -0.05) is 36.4 Å². The van der Waals surface area contributed by atoms with Gasteiger partial charge in [-0.2, -0.15) is 10.1 Å². The molecule has 0 aliphatic carbocycles. The van der Waals surface area contributed by atoms with Crippen LogP contribution in [0.15, 0.2) is 76.4 Å². The smallest absolute Gasteiger partial charge is 0.283 e. The fourth-order valence-electron chi connectivity index (χ4n) is 2.90. The molecule has 25 heavy (non-hydrogen) atoms. The van der Waals surface area contributed by atoms with Crippen molar-refractivity contribution in [2.24, 2.45) is 5.10 Å². The average molecular weight is 349 g/mol. The van der Waals surface area contributed by atoms with Crippen LogP contribution in [0, 0.1) is 0 Å². The lowest BCUT2D eigenvalue weighted by molar-refractivity contribution is -0.114. The number of benzene rings is 2. The normalized spacial score (nSPS) is 20.4. The Morgan fingerprint density at radius 1 is 0.920 bits per heavy atom. The Balaban J connectivity index is 1.78. The number of thioether (sulfide) groups is 1. The molecular formula is C19H15N3O2S. The van der Waals surface area contributed by atoms with Crippen molar-refractivity contribution in [2.45, 2.75) is 6.92 Å². The molecule has 0 unspecified atom stereocenters. The van der Waals surface area contributed by atoms with Crippen molar-refractivity contribution in [3.63, 3.8) is 0 Å². The predicted octanol–water partition coefficient (Wildman–Crippen LogP) is 3.40. The monoisotopic (exact) mass is 349 g/mol. The van der Waals surface area contributed by atoms with Gasteiger partial charge in [0.25, 0.3) is 5.91 Å². The Morgan fingerprint density at radius 2 is 1.52 bits per heavy atom. The van der Waals surface area contributed by atoms with Crippen molar-refractivity contribution >= 4 is 39.9 Å². The van der Waals surface area contributed by atoms with Gasteiger partial charge in [0.05, 0.1) is 28.5 Å². The van der Waals surface area contributed by atoms with Gasteiger partial charge in [0.2, 0.25) is 5.12 Å². The molecule has 0 atom stereocenters. The summed E-state index contributed by atoms with van der Waals surface area (Å²) >= 11 is 1.11. The largest absolute Gasteiger partial charge is 0.327 e. The lowest BCUT2D eigenvalue weighted by atomic mass is 10.1. The van der Waals surface area contributed by atoms with E-state index in [1.807, 2.05) is 65.6 Å². The number of amides is 1. The first-order chi connectivity index (χ1) is 12.1. The third kappa shape index (κ3) is 2.74. The van der Waals surface area contributed by atoms with E-state index in [-0.39, 0.29) is 17.6 Å². The van der Waals surface area contributed by atoms with Crippen molar-refractivity contribution < 1.29 is 9.59 Å². The molecule has 2 heterocycles. The molecular weight excluding hydrogens is 334 g/mol. The lowest BCUT2D eigenvalue weighted by Gasteiger charge is -2.20. The summed E-state index contributed by atoms with van der Waals surface area (Å²) < 4.78 is 0. The Bertz CT molecular complexity index is 907. The standard InChI is InChI=1S/C19H15N3O2S/c1-13-17(18(24)22(20-13)15-10-6-3-7-11-15)19-21(12-16(23)25-19)14-8-4-2-5-9-14/h2-11H,12H2,1H3. The van der Waals surface area contributed by atoms with Crippen LogP contribution >= 0.6 is 11.8 Å². The van der Waals surface area contributed by atoms with Crippen LogP contribution in [0.2, 0.25) is 0 Å². The zero-order chi connectivity index (χ0) is 17.4. The zero-order valence-corrected chi connectivity index (χ0v) is 14.4. The van der Waals surface area contributed by atoms with Gasteiger partial charge in [-0.25, -0.2) is 0 Å². The van der Waals surface area contributed by atoms with Gasteiger partial charge in [0.15, 0.2) is 0 Å². The summed E-state index contributed by atoms with van der Waals surface area (Å²) in [6, 6.07) is 18.9. The highest BCUT2D eigenvalue weighted by atomic mass is 32.2. The van der Waals surface area contributed by atoms with Crippen molar-refractivity contribution in [1.29, 1.82) is 0 Å². The number of carbonyl (C=O) groups excluding carboxylic acids is 2. The van der Waals surface area contributed by atoms with E-state index in [4.69, 9.17) is 0 Å². The van der Waals surface area contributed by atoms with E-state index in [2.05, 4.69) is 5.10 Å². The highest BCUT2D eigenvalue weighted by Crippen LogP contribution is 2.38. The Morgan fingerprint density at radius 3 is 2.16 bits per heavy atom. The van der Waals surface area contributed by atoms with Crippen molar-refractivity contribution in [2.75, 3.05) is 16.5 Å². The minimum absolute atomic E-state index is 0.0186. The molecule has 2 aliphatic rings. The van der Waals surface area contributed by atoms with Gasteiger partial charge in [0.1, 0.15) is 0 Å². The van der Waals surface area contributed by atoms with E-state index in [0.29, 0.717) is 22.0 Å². The maximum Gasteiger partial charge on any atom is 0.283 e. The molecule has 2 aliphatic heterocycles. The Labute approximate surface area is 149 Å². The minimum Gasteiger partial charge on any atom is -0.327 e. The second-order valence-corrected chi connectivity index (χ2v) is 6.76. The first-order valence-corrected chi connectivity index (χ1v) is 8.69. The van der Waals surface area contributed by atoms with Crippen molar-refractivity contribution in [3.05, 3.63) is 71.3 Å². The quantitative estimate of drug-likeness (QED) is 0.780. The molecule has 5 nitrogen and oxygen atoms in total. The lowest BCUT2D eigenvalue weighted by Crippen LogP contribution is -2.25. The van der Waals surface area contributed by atoms with Gasteiger partial charge < -0.3 is 4.90 Å². The fraction of sp³-hybridized carbons (Fsp3) is 0.105. The van der Waals surface area contributed by atoms with Crippen molar-refractivity contribution in [1.82, 2.24) is 0 Å². The van der Waals surface area contributed by atoms with E-state index in [1.54, 1.807) is 6.92 Å². The number of hydrazone groups is 1. The maximum atomic E-state index is 13.0. The fourth-order valence-corrected chi connectivity index (χ4v) is 3.92. The number of rotatable bonds is 2. The molecule has 6 heteroatoms. The maximum absolute atomic E-state index is 13.0. The van der Waals surface area contributed by atoms with Crippen LogP contribution in [0.25, 0.3) is 0 Å². The Hall–Kier alpha value is -2.86. The van der Waals surface area contributed by atoms with Crippen molar-refractivity contribution in [3.8, 4) is 0 Å². The summed E-state index contributed by atoms with van der Waals surface area (Å²) in [5.41, 5.74) is 2.71. The first kappa shape index (κ1) is 15.7. The van der Waals surface area contributed by atoms with Crippen LogP contribution in [0.1, 0.15) is 6.92 Å². The molecule has 0 N–H and O–H groups in total. The molecule has 4 rings (SSSR count). The Kier molecular flexibility index (Phi) is 3.89. The van der Waals surface area contributed by atoms with E-state index >= 15 is 0 Å². The van der Waals surface area contributed by atoms with Crippen LogP contribution in [-0.2, 0) is 9.59 Å².